The molecular formula is C11H10ClNO. The molecule has 0 aliphatic carbocycles. The highest BCUT2D eigenvalue weighted by Gasteiger charge is 2.05. The largest absolute Gasteiger partial charge is 0.472 e. The minimum absolute atomic E-state index is 0.498. The van der Waals surface area contributed by atoms with Crippen molar-refractivity contribution in [1.29, 1.82) is 0 Å². The summed E-state index contributed by atoms with van der Waals surface area (Å²) in [7, 11) is 0. The molecule has 1 heterocycles. The summed E-state index contributed by atoms with van der Waals surface area (Å²) in [4.78, 5) is 0. The molecule has 14 heavy (non-hydrogen) atoms. The molecule has 0 bridgehead atoms. The SMILES string of the molecule is NCc1ccc(Cl)cc1-c1ccoc1. The third-order valence-corrected chi connectivity index (χ3v) is 2.36. The van der Waals surface area contributed by atoms with Crippen molar-refractivity contribution < 1.29 is 4.42 Å². The second kappa shape index (κ2) is 3.86. The number of furan rings is 1. The molecule has 2 rings (SSSR count). The Balaban J connectivity index is 2.55. The van der Waals surface area contributed by atoms with Gasteiger partial charge in [0.05, 0.1) is 12.5 Å². The van der Waals surface area contributed by atoms with Crippen LogP contribution in [-0.4, -0.2) is 0 Å². The van der Waals surface area contributed by atoms with E-state index in [9.17, 15) is 0 Å². The van der Waals surface area contributed by atoms with Gasteiger partial charge in [0, 0.05) is 17.1 Å². The number of rotatable bonds is 2. The van der Waals surface area contributed by atoms with Crippen LogP contribution in [0.5, 0.6) is 0 Å². The zero-order valence-corrected chi connectivity index (χ0v) is 8.29. The van der Waals surface area contributed by atoms with Gasteiger partial charge in [-0.3, -0.25) is 0 Å². The number of benzene rings is 1. The fourth-order valence-corrected chi connectivity index (χ4v) is 1.59. The lowest BCUT2D eigenvalue weighted by Gasteiger charge is -2.05. The van der Waals surface area contributed by atoms with Crippen LogP contribution in [-0.2, 0) is 6.54 Å². The number of nitrogens with two attached hydrogens (primary N) is 1. The lowest BCUT2D eigenvalue weighted by molar-refractivity contribution is 0.568. The maximum absolute atomic E-state index is 5.92. The number of halogens is 1. The fraction of sp³-hybridized carbons (Fsp3) is 0.0909. The molecule has 0 unspecified atom stereocenters. The van der Waals surface area contributed by atoms with E-state index in [1.54, 1.807) is 12.5 Å². The summed E-state index contributed by atoms with van der Waals surface area (Å²) in [5.41, 5.74) is 8.74. The molecule has 0 saturated heterocycles. The van der Waals surface area contributed by atoms with Gasteiger partial charge >= 0.3 is 0 Å². The molecule has 0 saturated carbocycles. The van der Waals surface area contributed by atoms with Crippen LogP contribution in [0.3, 0.4) is 0 Å². The van der Waals surface area contributed by atoms with E-state index in [0.717, 1.165) is 16.7 Å². The molecule has 0 aliphatic heterocycles. The van der Waals surface area contributed by atoms with E-state index in [0.29, 0.717) is 11.6 Å². The molecule has 2 aromatic rings. The third kappa shape index (κ3) is 1.67. The maximum Gasteiger partial charge on any atom is 0.0981 e. The van der Waals surface area contributed by atoms with Gasteiger partial charge in [0.2, 0.25) is 0 Å². The Morgan fingerprint density at radius 2 is 2.14 bits per heavy atom. The van der Waals surface area contributed by atoms with Crippen molar-refractivity contribution in [3.8, 4) is 11.1 Å². The summed E-state index contributed by atoms with van der Waals surface area (Å²) in [5, 5.41) is 0.707. The topological polar surface area (TPSA) is 39.2 Å². The van der Waals surface area contributed by atoms with Crippen molar-refractivity contribution in [2.24, 2.45) is 5.73 Å². The normalized spacial score (nSPS) is 10.4. The van der Waals surface area contributed by atoms with Crippen molar-refractivity contribution in [2.75, 3.05) is 0 Å². The molecule has 0 radical (unpaired) electrons. The Kier molecular flexibility index (Phi) is 2.57. The van der Waals surface area contributed by atoms with Gasteiger partial charge in [-0.05, 0) is 29.3 Å². The minimum Gasteiger partial charge on any atom is -0.472 e. The lowest BCUT2D eigenvalue weighted by atomic mass is 10.0. The molecule has 1 aromatic carbocycles. The van der Waals surface area contributed by atoms with E-state index in [1.807, 2.05) is 24.3 Å². The van der Waals surface area contributed by atoms with Gasteiger partial charge in [0.1, 0.15) is 0 Å². The average molecular weight is 208 g/mol. The van der Waals surface area contributed by atoms with Crippen molar-refractivity contribution in [3.05, 3.63) is 47.4 Å². The Labute approximate surface area is 87.3 Å². The molecule has 0 atom stereocenters. The zero-order valence-electron chi connectivity index (χ0n) is 7.53. The highest BCUT2D eigenvalue weighted by molar-refractivity contribution is 6.30. The van der Waals surface area contributed by atoms with Gasteiger partial charge in [-0.2, -0.15) is 0 Å². The Bertz CT molecular complexity index is 423. The molecule has 2 N–H and O–H groups in total. The molecule has 0 amide bonds. The van der Waals surface area contributed by atoms with Crippen molar-refractivity contribution in [3.63, 3.8) is 0 Å². The summed E-state index contributed by atoms with van der Waals surface area (Å²) < 4.78 is 5.02. The van der Waals surface area contributed by atoms with Gasteiger partial charge in [-0.1, -0.05) is 17.7 Å². The summed E-state index contributed by atoms with van der Waals surface area (Å²) >= 11 is 5.92. The standard InChI is InChI=1S/C11H10ClNO/c12-10-2-1-8(6-13)11(5-10)9-3-4-14-7-9/h1-5,7H,6,13H2. The zero-order chi connectivity index (χ0) is 9.97. The number of hydrogen-bond acceptors (Lipinski definition) is 2. The van der Waals surface area contributed by atoms with Crippen LogP contribution in [0.4, 0.5) is 0 Å². The van der Waals surface area contributed by atoms with Gasteiger partial charge in [-0.25, -0.2) is 0 Å². The maximum atomic E-state index is 5.92. The lowest BCUT2D eigenvalue weighted by Crippen LogP contribution is -1.98. The van der Waals surface area contributed by atoms with Gasteiger partial charge in [0.25, 0.3) is 0 Å². The van der Waals surface area contributed by atoms with E-state index in [-0.39, 0.29) is 0 Å². The van der Waals surface area contributed by atoms with Crippen molar-refractivity contribution in [2.45, 2.75) is 6.54 Å². The predicted molar refractivity (Wildman–Crippen MR) is 57.0 cm³/mol. The first-order chi connectivity index (χ1) is 6.81. The number of hydrogen-bond donors (Lipinski definition) is 1. The van der Waals surface area contributed by atoms with Gasteiger partial charge in [-0.15, -0.1) is 0 Å². The summed E-state index contributed by atoms with van der Waals surface area (Å²) in [6.45, 7) is 0.498. The molecule has 3 heteroatoms. The molecule has 0 fully saturated rings. The Morgan fingerprint density at radius 3 is 2.79 bits per heavy atom. The quantitative estimate of drug-likeness (QED) is 0.822. The van der Waals surface area contributed by atoms with E-state index < -0.39 is 0 Å². The highest BCUT2D eigenvalue weighted by Crippen LogP contribution is 2.26. The second-order valence-electron chi connectivity index (χ2n) is 3.02. The smallest absolute Gasteiger partial charge is 0.0981 e. The molecule has 1 aromatic heterocycles. The Morgan fingerprint density at radius 1 is 1.29 bits per heavy atom. The monoisotopic (exact) mass is 207 g/mol. The fourth-order valence-electron chi connectivity index (χ4n) is 1.41. The average Bonchev–Trinajstić information content (AvgIpc) is 2.70. The summed E-state index contributed by atoms with van der Waals surface area (Å²) in [6, 6.07) is 7.57. The van der Waals surface area contributed by atoms with E-state index >= 15 is 0 Å². The second-order valence-corrected chi connectivity index (χ2v) is 3.45. The first-order valence-corrected chi connectivity index (χ1v) is 4.70. The van der Waals surface area contributed by atoms with Crippen molar-refractivity contribution >= 4 is 11.6 Å². The van der Waals surface area contributed by atoms with Crippen LogP contribution in [0.15, 0.2) is 41.2 Å². The molecular weight excluding hydrogens is 198 g/mol. The van der Waals surface area contributed by atoms with E-state index in [4.69, 9.17) is 21.8 Å². The van der Waals surface area contributed by atoms with E-state index in [1.165, 1.54) is 0 Å². The van der Waals surface area contributed by atoms with Crippen LogP contribution >= 0.6 is 11.6 Å². The van der Waals surface area contributed by atoms with E-state index in [2.05, 4.69) is 0 Å². The van der Waals surface area contributed by atoms with Gasteiger partial charge in [0.15, 0.2) is 0 Å². The van der Waals surface area contributed by atoms with Crippen LogP contribution in [0.25, 0.3) is 11.1 Å². The molecule has 72 valence electrons. The first-order valence-electron chi connectivity index (χ1n) is 4.32. The molecule has 0 spiro atoms. The third-order valence-electron chi connectivity index (χ3n) is 2.12. The summed E-state index contributed by atoms with van der Waals surface area (Å²) in [6.07, 6.45) is 3.32. The predicted octanol–water partition coefficient (Wildman–Crippen LogP) is 3.06. The van der Waals surface area contributed by atoms with Crippen LogP contribution in [0.2, 0.25) is 5.02 Å². The van der Waals surface area contributed by atoms with Crippen molar-refractivity contribution in [1.82, 2.24) is 0 Å². The van der Waals surface area contributed by atoms with Crippen LogP contribution in [0.1, 0.15) is 5.56 Å². The molecule has 0 aliphatic rings. The first kappa shape index (κ1) is 9.31. The highest BCUT2D eigenvalue weighted by atomic mass is 35.5. The van der Waals surface area contributed by atoms with Crippen LogP contribution in [0, 0.1) is 0 Å². The summed E-state index contributed by atoms with van der Waals surface area (Å²) in [5.74, 6) is 0. The Hall–Kier alpha value is -1.25. The minimum atomic E-state index is 0.498. The van der Waals surface area contributed by atoms with Crippen LogP contribution < -0.4 is 5.73 Å². The molecule has 2 nitrogen and oxygen atoms in total. The van der Waals surface area contributed by atoms with Gasteiger partial charge < -0.3 is 10.2 Å².